The smallest absolute Gasteiger partial charge is 0.0324 e. The van der Waals surface area contributed by atoms with Crippen molar-refractivity contribution in [1.29, 1.82) is 0 Å². The van der Waals surface area contributed by atoms with Crippen molar-refractivity contribution >= 4 is 47.3 Å². The summed E-state index contributed by atoms with van der Waals surface area (Å²) >= 11 is 15.5. The predicted octanol–water partition coefficient (Wildman–Crippen LogP) is 12.9. The van der Waals surface area contributed by atoms with E-state index in [4.69, 9.17) is 26.8 Å². The van der Waals surface area contributed by atoms with Crippen LogP contribution < -0.4 is 0 Å². The first-order valence-electron chi connectivity index (χ1n) is 15.4. The first-order valence-corrected chi connectivity index (χ1v) is 18.1. The summed E-state index contributed by atoms with van der Waals surface area (Å²) in [6.45, 7) is 4.58. The maximum absolute atomic E-state index is 6.17. The number of hydrogen-bond acceptors (Lipinski definition) is 3. The van der Waals surface area contributed by atoms with Crippen LogP contribution in [0.25, 0.3) is 0 Å². The average Bonchev–Trinajstić information content (AvgIpc) is 2.87. The molecule has 0 fully saturated rings. The van der Waals surface area contributed by atoms with Gasteiger partial charge in [-0.25, -0.2) is 3.63 Å². The van der Waals surface area contributed by atoms with Gasteiger partial charge in [-0.15, -0.1) is 23.2 Å². The Morgan fingerprint density at radius 2 is 0.714 bits per heavy atom. The Bertz CT molecular complexity index is 353. The van der Waals surface area contributed by atoms with E-state index in [1.165, 1.54) is 141 Å². The topological polar surface area (TPSA) is 9.23 Å². The van der Waals surface area contributed by atoms with Crippen LogP contribution in [0.1, 0.15) is 168 Å². The molecular formula is C30H60Cl2OS2. The highest BCUT2D eigenvalue weighted by atomic mass is 35.5. The van der Waals surface area contributed by atoms with Gasteiger partial charge in [0.15, 0.2) is 0 Å². The third-order valence-electron chi connectivity index (χ3n) is 6.93. The summed E-state index contributed by atoms with van der Waals surface area (Å²) in [5.74, 6) is 1.53. The highest BCUT2D eigenvalue weighted by Gasteiger charge is 2.15. The van der Waals surface area contributed by atoms with Crippen LogP contribution in [0.3, 0.4) is 0 Å². The third kappa shape index (κ3) is 28.1. The molecule has 0 radical (unpaired) electrons. The zero-order valence-electron chi connectivity index (χ0n) is 23.5. The van der Waals surface area contributed by atoms with Crippen LogP contribution in [0.5, 0.6) is 0 Å². The SMILES string of the molecule is CCCCCCCCCCCC(CCCCl)SOSC(CCCCl)CCCCCCCCCCC. The Hall–Kier alpha value is 1.24. The van der Waals surface area contributed by atoms with Gasteiger partial charge in [0.05, 0.1) is 0 Å². The molecular weight excluding hydrogens is 511 g/mol. The Morgan fingerprint density at radius 3 is 1.03 bits per heavy atom. The van der Waals surface area contributed by atoms with Gasteiger partial charge in [0.1, 0.15) is 0 Å². The quantitative estimate of drug-likeness (QED) is 0.0482. The molecule has 2 atom stereocenters. The molecule has 0 N–H and O–H groups in total. The van der Waals surface area contributed by atoms with E-state index < -0.39 is 0 Å². The molecule has 5 heteroatoms. The Labute approximate surface area is 240 Å². The van der Waals surface area contributed by atoms with Crippen molar-refractivity contribution in [3.8, 4) is 0 Å². The molecule has 0 aromatic heterocycles. The minimum Gasteiger partial charge on any atom is -0.247 e. The molecule has 0 saturated heterocycles. The fourth-order valence-corrected chi connectivity index (χ4v) is 7.02. The van der Waals surface area contributed by atoms with Crippen LogP contribution in [-0.4, -0.2) is 22.3 Å². The van der Waals surface area contributed by atoms with Crippen molar-refractivity contribution in [2.45, 2.75) is 178 Å². The maximum atomic E-state index is 6.17. The summed E-state index contributed by atoms with van der Waals surface area (Å²) in [5, 5.41) is 1.18. The number of rotatable bonds is 30. The monoisotopic (exact) mass is 570 g/mol. The minimum absolute atomic E-state index is 0.590. The van der Waals surface area contributed by atoms with Crippen LogP contribution >= 0.6 is 47.3 Å². The average molecular weight is 572 g/mol. The lowest BCUT2D eigenvalue weighted by Crippen LogP contribution is -2.06. The second-order valence-corrected chi connectivity index (χ2v) is 13.4. The van der Waals surface area contributed by atoms with Crippen LogP contribution in [0, 0.1) is 0 Å². The fourth-order valence-electron chi connectivity index (χ4n) is 4.59. The van der Waals surface area contributed by atoms with E-state index in [0.717, 1.165) is 24.6 Å². The summed E-state index contributed by atoms with van der Waals surface area (Å²) in [7, 11) is 0. The normalized spacial score (nSPS) is 13.4. The molecule has 35 heavy (non-hydrogen) atoms. The van der Waals surface area contributed by atoms with Crippen molar-refractivity contribution < 1.29 is 3.63 Å². The van der Waals surface area contributed by atoms with Crippen LogP contribution in [-0.2, 0) is 3.63 Å². The van der Waals surface area contributed by atoms with Crippen LogP contribution in [0.4, 0.5) is 0 Å². The van der Waals surface area contributed by atoms with Gasteiger partial charge in [-0.05, 0) is 38.5 Å². The second kappa shape index (κ2) is 31.5. The highest BCUT2D eigenvalue weighted by molar-refractivity contribution is 8.08. The number of unbranched alkanes of at least 4 members (excludes halogenated alkanes) is 16. The summed E-state index contributed by atoms with van der Waals surface area (Å²) < 4.78 is 6.17. The summed E-state index contributed by atoms with van der Waals surface area (Å²) in [6.07, 6.45) is 32.1. The molecule has 0 aliphatic rings. The van der Waals surface area contributed by atoms with Gasteiger partial charge in [-0.1, -0.05) is 129 Å². The lowest BCUT2D eigenvalue weighted by atomic mass is 10.0. The van der Waals surface area contributed by atoms with Gasteiger partial charge in [0.25, 0.3) is 0 Å². The highest BCUT2D eigenvalue weighted by Crippen LogP contribution is 2.33. The first kappa shape index (κ1) is 36.2. The lowest BCUT2D eigenvalue weighted by Gasteiger charge is -2.18. The van der Waals surface area contributed by atoms with E-state index in [1.54, 1.807) is 24.1 Å². The number of alkyl halides is 2. The molecule has 0 rings (SSSR count). The third-order valence-corrected chi connectivity index (χ3v) is 9.58. The zero-order chi connectivity index (χ0) is 25.7. The van der Waals surface area contributed by atoms with Gasteiger partial charge in [0.2, 0.25) is 0 Å². The molecule has 1 nitrogen and oxygen atoms in total. The van der Waals surface area contributed by atoms with E-state index >= 15 is 0 Å². The maximum Gasteiger partial charge on any atom is 0.0324 e. The van der Waals surface area contributed by atoms with Crippen molar-refractivity contribution in [3.05, 3.63) is 0 Å². The zero-order valence-corrected chi connectivity index (χ0v) is 26.7. The summed E-state index contributed by atoms with van der Waals surface area (Å²) in [6, 6.07) is 0. The number of hydrogen-bond donors (Lipinski definition) is 0. The van der Waals surface area contributed by atoms with Gasteiger partial charge in [0, 0.05) is 46.3 Å². The van der Waals surface area contributed by atoms with Gasteiger partial charge in [-0.3, -0.25) is 0 Å². The van der Waals surface area contributed by atoms with Crippen molar-refractivity contribution in [2.24, 2.45) is 0 Å². The second-order valence-electron chi connectivity index (χ2n) is 10.4. The van der Waals surface area contributed by atoms with E-state index in [1.807, 2.05) is 0 Å². The predicted molar refractivity (Wildman–Crippen MR) is 167 cm³/mol. The van der Waals surface area contributed by atoms with Crippen molar-refractivity contribution in [3.63, 3.8) is 0 Å². The van der Waals surface area contributed by atoms with E-state index in [0.29, 0.717) is 10.5 Å². The van der Waals surface area contributed by atoms with Crippen molar-refractivity contribution in [1.82, 2.24) is 0 Å². The van der Waals surface area contributed by atoms with Gasteiger partial charge >= 0.3 is 0 Å². The molecule has 0 aromatic carbocycles. The largest absolute Gasteiger partial charge is 0.247 e. The minimum atomic E-state index is 0.590. The molecule has 212 valence electrons. The van der Waals surface area contributed by atoms with E-state index in [9.17, 15) is 0 Å². The Balaban J connectivity index is 4.00. The molecule has 0 bridgehead atoms. The molecule has 0 aliphatic heterocycles. The Morgan fingerprint density at radius 1 is 0.429 bits per heavy atom. The lowest BCUT2D eigenvalue weighted by molar-refractivity contribution is 0.538. The molecule has 2 unspecified atom stereocenters. The van der Waals surface area contributed by atoms with Crippen LogP contribution in [0.2, 0.25) is 0 Å². The summed E-state index contributed by atoms with van der Waals surface area (Å²) in [5.41, 5.74) is 0. The molecule has 0 saturated carbocycles. The standard InChI is InChI=1S/C30H60Cl2OS2/c1-3-5-7-9-11-13-15-17-19-23-29(25-21-27-31)34-33-35-30(26-22-28-32)24-20-18-16-14-12-10-8-6-4-2/h29-30H,3-28H2,1-2H3. The molecule has 0 spiro atoms. The van der Waals surface area contributed by atoms with Crippen molar-refractivity contribution in [2.75, 3.05) is 11.8 Å². The van der Waals surface area contributed by atoms with Crippen LogP contribution in [0.15, 0.2) is 0 Å². The fraction of sp³-hybridized carbons (Fsp3) is 1.00. The summed E-state index contributed by atoms with van der Waals surface area (Å²) in [4.78, 5) is 0. The molecule has 0 aliphatic carbocycles. The molecule has 0 aromatic rings. The first-order chi connectivity index (χ1) is 17.3. The molecule has 0 heterocycles. The van der Waals surface area contributed by atoms with E-state index in [2.05, 4.69) is 13.8 Å². The van der Waals surface area contributed by atoms with Gasteiger partial charge in [-0.2, -0.15) is 0 Å². The van der Waals surface area contributed by atoms with E-state index in [-0.39, 0.29) is 0 Å². The Kier molecular flexibility index (Phi) is 32.6. The number of halogens is 2. The molecule has 0 amide bonds. The van der Waals surface area contributed by atoms with Gasteiger partial charge < -0.3 is 0 Å².